The van der Waals surface area contributed by atoms with Crippen molar-refractivity contribution >= 4 is 28.5 Å². The molecule has 0 aliphatic carbocycles. The normalized spacial score (nSPS) is 13.6. The monoisotopic (exact) mass is 279 g/mol. The van der Waals surface area contributed by atoms with Gasteiger partial charge in [-0.3, -0.25) is 14.6 Å². The molecule has 1 aromatic rings. The zero-order valence-corrected chi connectivity index (χ0v) is 13.2. The number of Topliss-reactive ketones (excluding diaryl/α,β-unsaturated/α-hetero) is 1. The molecule has 0 heterocycles. The van der Waals surface area contributed by atoms with Crippen LogP contribution >= 0.6 is 0 Å². The maximum atomic E-state index is 12.1. The quantitative estimate of drug-likeness (QED) is 0.359. The van der Waals surface area contributed by atoms with Crippen LogP contribution in [0.5, 0.6) is 0 Å². The Morgan fingerprint density at radius 1 is 1.37 bits per heavy atom. The van der Waals surface area contributed by atoms with Gasteiger partial charge in [-0.1, -0.05) is 30.3 Å². The first-order chi connectivity index (χ1) is 8.87. The third kappa shape index (κ3) is 4.42. The molecular weight excluding hydrogens is 262 g/mol. The first kappa shape index (κ1) is 15.3. The molecule has 0 fully saturated rings. The molecule has 0 aromatic heterocycles. The van der Waals surface area contributed by atoms with Crippen molar-refractivity contribution in [1.29, 1.82) is 0 Å². The highest BCUT2D eigenvalue weighted by Crippen LogP contribution is 2.12. The van der Waals surface area contributed by atoms with Crippen LogP contribution < -0.4 is 0 Å². The van der Waals surface area contributed by atoms with Gasteiger partial charge in [-0.2, -0.15) is 0 Å². The molecular formula is C13H17NO4Si. The largest absolute Gasteiger partial charge is 0.480 e. The molecule has 1 unspecified atom stereocenters. The molecule has 1 rings (SSSR count). The van der Waals surface area contributed by atoms with E-state index >= 15 is 0 Å². The lowest BCUT2D eigenvalue weighted by molar-refractivity contribution is -0.137. The van der Waals surface area contributed by atoms with Crippen molar-refractivity contribution in [2.45, 2.75) is 19.6 Å². The maximum absolute atomic E-state index is 12.1. The van der Waals surface area contributed by atoms with Crippen molar-refractivity contribution in [2.24, 2.45) is 10.9 Å². The van der Waals surface area contributed by atoms with E-state index in [1.54, 1.807) is 44.2 Å². The van der Waals surface area contributed by atoms with Gasteiger partial charge in [0.1, 0.15) is 16.2 Å². The van der Waals surface area contributed by atoms with Gasteiger partial charge >= 0.3 is 5.97 Å². The van der Waals surface area contributed by atoms with Gasteiger partial charge in [0.25, 0.3) is 0 Å². The molecule has 1 aromatic carbocycles. The summed E-state index contributed by atoms with van der Waals surface area (Å²) in [5.41, 5.74) is -0.442. The average molecular weight is 279 g/mol. The zero-order valence-electron chi connectivity index (χ0n) is 11.2. The van der Waals surface area contributed by atoms with Crippen LogP contribution in [0.15, 0.2) is 35.3 Å². The number of carboxylic acid groups (broad SMARTS) is 1. The second-order valence-electron chi connectivity index (χ2n) is 4.48. The summed E-state index contributed by atoms with van der Waals surface area (Å²) in [6, 6.07) is 8.31. The molecule has 0 aliphatic heterocycles. The summed E-state index contributed by atoms with van der Waals surface area (Å²) >= 11 is 0. The van der Waals surface area contributed by atoms with E-state index in [0.717, 1.165) is 6.21 Å². The molecule has 5 nitrogen and oxygen atoms in total. The lowest BCUT2D eigenvalue weighted by atomic mass is 9.99. The second-order valence-corrected chi connectivity index (χ2v) is 4.88. The predicted molar refractivity (Wildman–Crippen MR) is 75.5 cm³/mol. The van der Waals surface area contributed by atoms with Gasteiger partial charge in [-0.25, -0.2) is 0 Å². The summed E-state index contributed by atoms with van der Waals surface area (Å²) in [5, 5.41) is 9.13. The van der Waals surface area contributed by atoms with Crippen LogP contribution in [-0.2, 0) is 9.22 Å². The van der Waals surface area contributed by atoms with Crippen molar-refractivity contribution < 1.29 is 19.1 Å². The first-order valence-electron chi connectivity index (χ1n) is 5.80. The van der Waals surface area contributed by atoms with Crippen molar-refractivity contribution in [2.75, 3.05) is 0 Å². The number of carbonyl (C=O) groups excluding carboxylic acids is 1. The number of carboxylic acids is 1. The number of hydrogen-bond acceptors (Lipinski definition) is 4. The molecule has 102 valence electrons. The van der Waals surface area contributed by atoms with Gasteiger partial charge in [0.15, 0.2) is 11.7 Å². The summed E-state index contributed by atoms with van der Waals surface area (Å²) in [6.45, 7) is 3.42. The number of ketones is 1. The number of benzene rings is 1. The summed E-state index contributed by atoms with van der Waals surface area (Å²) < 4.78 is 5.19. The van der Waals surface area contributed by atoms with E-state index in [9.17, 15) is 9.59 Å². The Kier molecular flexibility index (Phi) is 5.14. The van der Waals surface area contributed by atoms with Gasteiger partial charge in [-0.05, 0) is 13.8 Å². The maximum Gasteiger partial charge on any atom is 0.319 e. The number of nitrogens with zero attached hydrogens (tertiary/aromatic N) is 1. The lowest BCUT2D eigenvalue weighted by Crippen LogP contribution is -2.28. The van der Waals surface area contributed by atoms with Gasteiger partial charge in [-0.15, -0.1) is 0 Å². The Morgan fingerprint density at radius 3 is 2.42 bits per heavy atom. The van der Waals surface area contributed by atoms with E-state index in [2.05, 4.69) is 4.99 Å². The highest BCUT2D eigenvalue weighted by Gasteiger charge is 2.26. The molecule has 0 bridgehead atoms. The standard InChI is InChI=1S/C13H17NO4Si/c1-13(2,18-19)14-8-10(12(16)17)11(15)9-6-4-3-5-7-9/h3-8,10H,1-2,19H3,(H,16,17). The molecule has 0 radical (unpaired) electrons. The average Bonchev–Trinajstić information content (AvgIpc) is 2.39. The molecule has 0 amide bonds. The van der Waals surface area contributed by atoms with Gasteiger partial charge < -0.3 is 9.53 Å². The van der Waals surface area contributed by atoms with E-state index < -0.39 is 23.4 Å². The first-order valence-corrected chi connectivity index (χ1v) is 6.61. The van der Waals surface area contributed by atoms with Crippen molar-refractivity contribution in [1.82, 2.24) is 0 Å². The van der Waals surface area contributed by atoms with E-state index in [1.165, 1.54) is 0 Å². The molecule has 0 saturated carbocycles. The highest BCUT2D eigenvalue weighted by molar-refractivity contribution is 6.18. The molecule has 1 atom stereocenters. The van der Waals surface area contributed by atoms with E-state index in [4.69, 9.17) is 9.53 Å². The number of hydrogen-bond donors (Lipinski definition) is 1. The molecule has 0 aliphatic rings. The van der Waals surface area contributed by atoms with Gasteiger partial charge in [0.05, 0.1) is 0 Å². The van der Waals surface area contributed by atoms with Crippen LogP contribution in [0.3, 0.4) is 0 Å². The fourth-order valence-electron chi connectivity index (χ4n) is 1.33. The number of aliphatic imine (C=N–C) groups is 1. The Labute approximate surface area is 114 Å². The predicted octanol–water partition coefficient (Wildman–Crippen LogP) is 0.674. The Morgan fingerprint density at radius 2 is 1.95 bits per heavy atom. The molecule has 6 heteroatoms. The third-order valence-corrected chi connectivity index (χ3v) is 3.64. The topological polar surface area (TPSA) is 76.0 Å². The zero-order chi connectivity index (χ0) is 14.5. The van der Waals surface area contributed by atoms with Crippen molar-refractivity contribution in [3.63, 3.8) is 0 Å². The molecule has 1 N–H and O–H groups in total. The van der Waals surface area contributed by atoms with Crippen LogP contribution in [0.1, 0.15) is 24.2 Å². The lowest BCUT2D eigenvalue weighted by Gasteiger charge is -2.18. The Balaban J connectivity index is 2.97. The van der Waals surface area contributed by atoms with Crippen LogP contribution in [-0.4, -0.2) is 39.3 Å². The Bertz CT molecular complexity index is 485. The van der Waals surface area contributed by atoms with E-state index in [0.29, 0.717) is 16.0 Å². The number of rotatable bonds is 6. The second kappa shape index (κ2) is 6.40. The Hall–Kier alpha value is -1.79. The fourth-order valence-corrected chi connectivity index (χ4v) is 1.44. The highest BCUT2D eigenvalue weighted by atomic mass is 28.2. The smallest absolute Gasteiger partial charge is 0.319 e. The SMILES string of the molecule is CC(C)(N=CC(C(=O)O)C(=O)c1ccccc1)O[SiH3]. The van der Waals surface area contributed by atoms with Crippen LogP contribution in [0.4, 0.5) is 0 Å². The summed E-state index contributed by atoms with van der Waals surface area (Å²) in [7, 11) is 0.480. The van der Waals surface area contributed by atoms with E-state index in [1.807, 2.05) is 0 Å². The molecule has 19 heavy (non-hydrogen) atoms. The summed E-state index contributed by atoms with van der Waals surface area (Å²) in [5.74, 6) is -3.00. The van der Waals surface area contributed by atoms with Gasteiger partial charge in [0, 0.05) is 11.8 Å². The fraction of sp³-hybridized carbons (Fsp3) is 0.308. The summed E-state index contributed by atoms with van der Waals surface area (Å²) in [4.78, 5) is 27.3. The van der Waals surface area contributed by atoms with Crippen molar-refractivity contribution in [3.8, 4) is 0 Å². The molecule has 0 saturated heterocycles. The summed E-state index contributed by atoms with van der Waals surface area (Å²) in [6.07, 6.45) is 1.15. The third-order valence-electron chi connectivity index (χ3n) is 2.64. The van der Waals surface area contributed by atoms with Crippen molar-refractivity contribution in [3.05, 3.63) is 35.9 Å². The number of carbonyl (C=O) groups is 2. The van der Waals surface area contributed by atoms with Crippen LogP contribution in [0.2, 0.25) is 0 Å². The minimum atomic E-state index is -1.29. The minimum Gasteiger partial charge on any atom is -0.480 e. The van der Waals surface area contributed by atoms with Crippen LogP contribution in [0.25, 0.3) is 0 Å². The number of aliphatic carboxylic acids is 1. The van der Waals surface area contributed by atoms with E-state index in [-0.39, 0.29) is 0 Å². The van der Waals surface area contributed by atoms with Gasteiger partial charge in [0.2, 0.25) is 0 Å². The molecule has 0 spiro atoms. The van der Waals surface area contributed by atoms with Crippen LogP contribution in [0, 0.1) is 5.92 Å². The minimum absolute atomic E-state index is 0.353.